The van der Waals surface area contributed by atoms with Gasteiger partial charge < -0.3 is 21.3 Å². The van der Waals surface area contributed by atoms with Gasteiger partial charge in [0, 0.05) is 12.5 Å². The van der Waals surface area contributed by atoms with E-state index >= 15 is 0 Å². The van der Waals surface area contributed by atoms with E-state index in [1.807, 2.05) is 37.3 Å². The van der Waals surface area contributed by atoms with Crippen LogP contribution in [0.25, 0.3) is 0 Å². The lowest BCUT2D eigenvalue weighted by molar-refractivity contribution is -0.136. The number of aliphatic hydroxyl groups is 2. The van der Waals surface area contributed by atoms with E-state index in [1.54, 1.807) is 0 Å². The van der Waals surface area contributed by atoms with E-state index in [9.17, 15) is 19.8 Å². The molecule has 1 aromatic carbocycles. The monoisotopic (exact) mass is 350 g/mol. The van der Waals surface area contributed by atoms with Crippen molar-refractivity contribution in [2.45, 2.75) is 57.7 Å². The number of carbonyl (C=O) groups is 2. The van der Waals surface area contributed by atoms with E-state index in [0.717, 1.165) is 12.0 Å². The van der Waals surface area contributed by atoms with Crippen molar-refractivity contribution in [3.63, 3.8) is 0 Å². The van der Waals surface area contributed by atoms with Crippen LogP contribution in [0.3, 0.4) is 0 Å². The van der Waals surface area contributed by atoms with Crippen molar-refractivity contribution in [2.75, 3.05) is 6.54 Å². The molecule has 0 radical (unpaired) electrons. The highest BCUT2D eigenvalue weighted by Crippen LogP contribution is 2.22. The Balaban J connectivity index is 2.59. The zero-order chi connectivity index (χ0) is 18.9. The summed E-state index contributed by atoms with van der Waals surface area (Å²) in [6.45, 7) is 3.65. The number of benzene rings is 1. The number of hydrogen-bond donors (Lipinski definition) is 4. The Morgan fingerprint density at radius 3 is 2.44 bits per heavy atom. The normalized spacial score (nSPS) is 15.8. The molecule has 0 fully saturated rings. The fourth-order valence-electron chi connectivity index (χ4n) is 2.68. The van der Waals surface area contributed by atoms with Gasteiger partial charge in [0.1, 0.15) is 5.60 Å². The number of nitrogens with one attached hydrogen (secondary N) is 1. The predicted octanol–water partition coefficient (Wildman–Crippen LogP) is 1.14. The number of primary amides is 1. The molecule has 0 aliphatic carbocycles. The van der Waals surface area contributed by atoms with Crippen LogP contribution in [0.5, 0.6) is 0 Å². The first-order valence-corrected chi connectivity index (χ1v) is 8.78. The predicted molar refractivity (Wildman–Crippen MR) is 96.6 cm³/mol. The minimum absolute atomic E-state index is 0.0789. The molecule has 6 nitrogen and oxygen atoms in total. The van der Waals surface area contributed by atoms with Crippen LogP contribution in [0.15, 0.2) is 30.3 Å². The summed E-state index contributed by atoms with van der Waals surface area (Å²) in [6.07, 6.45) is 1.29. The van der Waals surface area contributed by atoms with Crippen molar-refractivity contribution in [3.05, 3.63) is 35.9 Å². The Bertz CT molecular complexity index is 546. The fourth-order valence-corrected chi connectivity index (χ4v) is 2.68. The molecule has 3 atom stereocenters. The van der Waals surface area contributed by atoms with Crippen molar-refractivity contribution in [3.8, 4) is 0 Å². The summed E-state index contributed by atoms with van der Waals surface area (Å²) >= 11 is 0. The molecule has 0 aliphatic heterocycles. The molecule has 0 saturated heterocycles. The van der Waals surface area contributed by atoms with Crippen molar-refractivity contribution in [2.24, 2.45) is 11.7 Å². The van der Waals surface area contributed by atoms with Crippen LogP contribution in [0.2, 0.25) is 0 Å². The molecule has 0 saturated carbocycles. The molecule has 0 bridgehead atoms. The third kappa shape index (κ3) is 7.67. The number of aliphatic hydroxyl groups excluding tert-OH is 1. The molecular formula is C19H30N2O4. The molecule has 25 heavy (non-hydrogen) atoms. The van der Waals surface area contributed by atoms with Crippen molar-refractivity contribution < 1.29 is 19.8 Å². The van der Waals surface area contributed by atoms with Gasteiger partial charge in [-0.25, -0.2) is 0 Å². The lowest BCUT2D eigenvalue weighted by Gasteiger charge is -2.24. The first-order chi connectivity index (χ1) is 11.8. The average Bonchev–Trinajstić information content (AvgIpc) is 2.57. The SMILES string of the molecule is CCNC(=O)[C@H](CCC(C)(O)C(N)=O)C[C@@H](O)CCc1ccccc1. The molecule has 6 heteroatoms. The van der Waals surface area contributed by atoms with Gasteiger partial charge in [-0.15, -0.1) is 0 Å². The van der Waals surface area contributed by atoms with Crippen molar-refractivity contribution >= 4 is 11.8 Å². The molecule has 5 N–H and O–H groups in total. The van der Waals surface area contributed by atoms with Crippen LogP contribution in [-0.2, 0) is 16.0 Å². The smallest absolute Gasteiger partial charge is 0.249 e. The summed E-state index contributed by atoms with van der Waals surface area (Å²) < 4.78 is 0. The Labute approximate surface area is 149 Å². The highest BCUT2D eigenvalue weighted by atomic mass is 16.3. The quantitative estimate of drug-likeness (QED) is 0.479. The van der Waals surface area contributed by atoms with Crippen LogP contribution in [0.4, 0.5) is 0 Å². The van der Waals surface area contributed by atoms with Gasteiger partial charge in [0.05, 0.1) is 6.10 Å². The second kappa shape index (κ2) is 10.2. The number of rotatable bonds is 11. The minimum atomic E-state index is -1.65. The number of hydrogen-bond acceptors (Lipinski definition) is 4. The van der Waals surface area contributed by atoms with Crippen LogP contribution in [-0.4, -0.2) is 40.3 Å². The summed E-state index contributed by atoms with van der Waals surface area (Å²) in [5.41, 5.74) is 4.64. The van der Waals surface area contributed by atoms with Gasteiger partial charge in [-0.05, 0) is 51.5 Å². The Kier molecular flexibility index (Phi) is 8.58. The first kappa shape index (κ1) is 21.1. The van der Waals surface area contributed by atoms with Crippen LogP contribution < -0.4 is 11.1 Å². The lowest BCUT2D eigenvalue weighted by atomic mass is 9.88. The summed E-state index contributed by atoms with van der Waals surface area (Å²) in [5, 5.41) is 23.0. The molecule has 0 heterocycles. The molecule has 0 aliphatic rings. The van der Waals surface area contributed by atoms with E-state index in [1.165, 1.54) is 6.92 Å². The Morgan fingerprint density at radius 1 is 1.24 bits per heavy atom. The number of carbonyl (C=O) groups excluding carboxylic acids is 2. The van der Waals surface area contributed by atoms with Gasteiger partial charge in [-0.2, -0.15) is 0 Å². The second-order valence-electron chi connectivity index (χ2n) is 6.68. The minimum Gasteiger partial charge on any atom is -0.393 e. The highest BCUT2D eigenvalue weighted by molar-refractivity contribution is 5.83. The molecule has 2 amide bonds. The second-order valence-corrected chi connectivity index (χ2v) is 6.68. The summed E-state index contributed by atoms with van der Waals surface area (Å²) in [6, 6.07) is 9.84. The molecule has 1 rings (SSSR count). The number of aryl methyl sites for hydroxylation is 1. The largest absolute Gasteiger partial charge is 0.393 e. The molecule has 0 aromatic heterocycles. The van der Waals surface area contributed by atoms with Gasteiger partial charge >= 0.3 is 0 Å². The van der Waals surface area contributed by atoms with Gasteiger partial charge in [-0.3, -0.25) is 9.59 Å². The fraction of sp³-hybridized carbons (Fsp3) is 0.579. The number of nitrogens with two attached hydrogens (primary N) is 1. The molecular weight excluding hydrogens is 320 g/mol. The standard InChI is InChI=1S/C19H30N2O4/c1-3-21-17(23)15(11-12-19(2,25)18(20)24)13-16(22)10-9-14-7-5-4-6-8-14/h4-8,15-16,22,25H,3,9-13H2,1-2H3,(H2,20,24)(H,21,23)/t15-,16+,19?/m1/s1. The third-order valence-electron chi connectivity index (χ3n) is 4.40. The van der Waals surface area contributed by atoms with Gasteiger partial charge in [0.25, 0.3) is 0 Å². The third-order valence-corrected chi connectivity index (χ3v) is 4.40. The van der Waals surface area contributed by atoms with Crippen LogP contribution in [0, 0.1) is 5.92 Å². The van der Waals surface area contributed by atoms with Crippen molar-refractivity contribution in [1.29, 1.82) is 0 Å². The zero-order valence-corrected chi connectivity index (χ0v) is 15.1. The maximum atomic E-state index is 12.2. The average molecular weight is 350 g/mol. The molecule has 1 unspecified atom stereocenters. The van der Waals surface area contributed by atoms with Gasteiger partial charge in [0.15, 0.2) is 0 Å². The first-order valence-electron chi connectivity index (χ1n) is 8.78. The van der Waals surface area contributed by atoms with E-state index < -0.39 is 23.5 Å². The maximum absolute atomic E-state index is 12.2. The molecule has 140 valence electrons. The van der Waals surface area contributed by atoms with Crippen molar-refractivity contribution in [1.82, 2.24) is 5.32 Å². The molecule has 0 spiro atoms. The number of amides is 2. The van der Waals surface area contributed by atoms with Gasteiger partial charge in [-0.1, -0.05) is 30.3 Å². The van der Waals surface area contributed by atoms with E-state index in [4.69, 9.17) is 5.73 Å². The topological polar surface area (TPSA) is 113 Å². The van der Waals surface area contributed by atoms with Crippen LogP contribution in [0.1, 0.15) is 45.1 Å². The van der Waals surface area contributed by atoms with E-state index in [2.05, 4.69) is 5.32 Å². The molecule has 1 aromatic rings. The maximum Gasteiger partial charge on any atom is 0.249 e. The Hall–Kier alpha value is -1.92. The van der Waals surface area contributed by atoms with E-state index in [0.29, 0.717) is 13.0 Å². The van der Waals surface area contributed by atoms with Gasteiger partial charge in [0.2, 0.25) is 11.8 Å². The summed E-state index contributed by atoms with van der Waals surface area (Å²) in [5.74, 6) is -1.47. The summed E-state index contributed by atoms with van der Waals surface area (Å²) in [7, 11) is 0. The Morgan fingerprint density at radius 2 is 1.88 bits per heavy atom. The van der Waals surface area contributed by atoms with Crippen LogP contribution >= 0.6 is 0 Å². The summed E-state index contributed by atoms with van der Waals surface area (Å²) in [4.78, 5) is 23.5. The lowest BCUT2D eigenvalue weighted by Crippen LogP contribution is -2.42. The zero-order valence-electron chi connectivity index (χ0n) is 15.1. The highest BCUT2D eigenvalue weighted by Gasteiger charge is 2.31. The van der Waals surface area contributed by atoms with E-state index in [-0.39, 0.29) is 25.2 Å².